The molecule has 0 saturated carbocycles. The van der Waals surface area contributed by atoms with Crippen molar-refractivity contribution < 1.29 is 9.26 Å². The number of nitrogens with zero attached hydrogens (tertiary/aromatic N) is 2. The maximum Gasteiger partial charge on any atom is 0.260 e. The summed E-state index contributed by atoms with van der Waals surface area (Å²) >= 11 is 0. The van der Waals surface area contributed by atoms with Crippen molar-refractivity contribution in [3.63, 3.8) is 0 Å². The third-order valence-electron chi connectivity index (χ3n) is 1.23. The summed E-state index contributed by atoms with van der Waals surface area (Å²) in [5.74, 6) is 1.00. The number of pyridine rings is 1. The van der Waals surface area contributed by atoms with Gasteiger partial charge in [0.25, 0.3) is 5.88 Å². The van der Waals surface area contributed by atoms with Crippen molar-refractivity contribution in [1.82, 2.24) is 10.1 Å². The van der Waals surface area contributed by atoms with Crippen LogP contribution in [0.3, 0.4) is 0 Å². The third kappa shape index (κ3) is 1.42. The molecule has 12 heavy (non-hydrogen) atoms. The molecule has 0 fully saturated rings. The summed E-state index contributed by atoms with van der Waals surface area (Å²) in [5, 5.41) is 3.53. The zero-order valence-corrected chi connectivity index (χ0v) is 6.10. The second kappa shape index (κ2) is 3.04. The van der Waals surface area contributed by atoms with Crippen molar-refractivity contribution in [2.45, 2.75) is 0 Å². The van der Waals surface area contributed by atoms with Crippen molar-refractivity contribution in [2.24, 2.45) is 0 Å². The van der Waals surface area contributed by atoms with Crippen molar-refractivity contribution in [3.8, 4) is 11.6 Å². The fourth-order valence-electron chi connectivity index (χ4n) is 0.751. The summed E-state index contributed by atoms with van der Waals surface area (Å²) in [5.41, 5.74) is 0. The smallest absolute Gasteiger partial charge is 0.260 e. The quantitative estimate of drug-likeness (QED) is 0.672. The van der Waals surface area contributed by atoms with Gasteiger partial charge in [0.2, 0.25) is 6.26 Å². The molecule has 2 rings (SSSR count). The lowest BCUT2D eigenvalue weighted by molar-refractivity contribution is 0.362. The molecule has 0 spiro atoms. The molecule has 2 heterocycles. The standard InChI is InChI=1S/C8H5N2O2/c1-2-7(6-9-4-1)12-8-3-5-11-10-8/h1-4,6H. The van der Waals surface area contributed by atoms with Crippen LogP contribution in [-0.2, 0) is 0 Å². The van der Waals surface area contributed by atoms with E-state index in [1.54, 1.807) is 24.5 Å². The molecule has 0 amide bonds. The first-order chi connectivity index (χ1) is 5.95. The Labute approximate surface area is 68.8 Å². The van der Waals surface area contributed by atoms with Gasteiger partial charge in [-0.05, 0) is 17.3 Å². The summed E-state index contributed by atoms with van der Waals surface area (Å²) in [7, 11) is 0. The molecule has 4 heteroatoms. The lowest BCUT2D eigenvalue weighted by Crippen LogP contribution is -1.83. The molecule has 0 bridgehead atoms. The summed E-state index contributed by atoms with van der Waals surface area (Å²) in [6.07, 6.45) is 5.68. The van der Waals surface area contributed by atoms with Crippen LogP contribution in [0.25, 0.3) is 0 Å². The molecule has 1 radical (unpaired) electrons. The molecule has 0 saturated heterocycles. The molecule has 0 atom stereocenters. The molecule has 0 unspecified atom stereocenters. The minimum Gasteiger partial charge on any atom is -0.435 e. The summed E-state index contributed by atoms with van der Waals surface area (Å²) in [6, 6.07) is 5.06. The van der Waals surface area contributed by atoms with Crippen LogP contribution < -0.4 is 4.74 Å². The van der Waals surface area contributed by atoms with E-state index in [1.165, 1.54) is 6.07 Å². The van der Waals surface area contributed by atoms with Crippen molar-refractivity contribution in [3.05, 3.63) is 36.9 Å². The molecule has 0 aromatic carbocycles. The van der Waals surface area contributed by atoms with Crippen LogP contribution in [0.1, 0.15) is 0 Å². The van der Waals surface area contributed by atoms with Gasteiger partial charge in [-0.25, -0.2) is 0 Å². The molecule has 0 N–H and O–H groups in total. The number of aromatic nitrogens is 2. The van der Waals surface area contributed by atoms with Crippen LogP contribution in [-0.4, -0.2) is 10.1 Å². The monoisotopic (exact) mass is 161 g/mol. The summed E-state index contributed by atoms with van der Waals surface area (Å²) in [6.45, 7) is 0. The molecule has 4 nitrogen and oxygen atoms in total. The van der Waals surface area contributed by atoms with E-state index < -0.39 is 0 Å². The Morgan fingerprint density at radius 2 is 2.50 bits per heavy atom. The topological polar surface area (TPSA) is 48.2 Å². The zero-order valence-electron chi connectivity index (χ0n) is 6.10. The fourth-order valence-corrected chi connectivity index (χ4v) is 0.751. The normalized spacial score (nSPS) is 9.67. The molecular weight excluding hydrogens is 156 g/mol. The van der Waals surface area contributed by atoms with E-state index in [9.17, 15) is 0 Å². The van der Waals surface area contributed by atoms with Gasteiger partial charge in [0.1, 0.15) is 5.75 Å². The van der Waals surface area contributed by atoms with Gasteiger partial charge >= 0.3 is 0 Å². The van der Waals surface area contributed by atoms with Gasteiger partial charge in [0.15, 0.2) is 0 Å². The first kappa shape index (κ1) is 6.84. The van der Waals surface area contributed by atoms with E-state index in [-0.39, 0.29) is 0 Å². The Morgan fingerprint density at radius 3 is 3.17 bits per heavy atom. The maximum absolute atomic E-state index is 5.22. The van der Waals surface area contributed by atoms with E-state index in [0.29, 0.717) is 11.6 Å². The number of hydrogen-bond donors (Lipinski definition) is 0. The SMILES string of the molecule is [c]1cc(Oc2cccnc2)no1. The van der Waals surface area contributed by atoms with Crippen LogP contribution in [0.2, 0.25) is 0 Å². The highest BCUT2D eigenvalue weighted by molar-refractivity contribution is 5.21. The highest BCUT2D eigenvalue weighted by Crippen LogP contribution is 2.16. The third-order valence-corrected chi connectivity index (χ3v) is 1.23. The van der Waals surface area contributed by atoms with E-state index in [2.05, 4.69) is 20.9 Å². The second-order valence-electron chi connectivity index (χ2n) is 2.07. The minimum absolute atomic E-state index is 0.378. The lowest BCUT2D eigenvalue weighted by Gasteiger charge is -1.97. The number of rotatable bonds is 2. The van der Waals surface area contributed by atoms with Crippen LogP contribution in [0.15, 0.2) is 35.1 Å². The molecule has 2 aromatic rings. The molecule has 59 valence electrons. The molecule has 0 aliphatic rings. The predicted octanol–water partition coefficient (Wildman–Crippen LogP) is 1.66. The van der Waals surface area contributed by atoms with Crippen LogP contribution in [0.5, 0.6) is 11.6 Å². The maximum atomic E-state index is 5.22. The van der Waals surface area contributed by atoms with Gasteiger partial charge in [-0.2, -0.15) is 0 Å². The summed E-state index contributed by atoms with van der Waals surface area (Å²) in [4.78, 5) is 3.87. The molecular formula is C8H5N2O2. The van der Waals surface area contributed by atoms with Gasteiger partial charge in [0.05, 0.1) is 12.3 Å². The minimum atomic E-state index is 0.378. The van der Waals surface area contributed by atoms with Crippen LogP contribution in [0.4, 0.5) is 0 Å². The van der Waals surface area contributed by atoms with Crippen molar-refractivity contribution in [2.75, 3.05) is 0 Å². The predicted molar refractivity (Wildman–Crippen MR) is 39.7 cm³/mol. The highest BCUT2D eigenvalue weighted by atomic mass is 16.5. The van der Waals surface area contributed by atoms with Gasteiger partial charge in [-0.15, -0.1) is 0 Å². The van der Waals surface area contributed by atoms with E-state index in [1.807, 2.05) is 0 Å². The number of hydrogen-bond acceptors (Lipinski definition) is 4. The van der Waals surface area contributed by atoms with Crippen molar-refractivity contribution in [1.29, 1.82) is 0 Å². The fraction of sp³-hybridized carbons (Fsp3) is 0. The Kier molecular flexibility index (Phi) is 1.74. The van der Waals surface area contributed by atoms with Gasteiger partial charge in [0, 0.05) is 6.20 Å². The van der Waals surface area contributed by atoms with Crippen LogP contribution in [0, 0.1) is 6.26 Å². The Bertz CT molecular complexity index is 331. The van der Waals surface area contributed by atoms with Gasteiger partial charge < -0.3 is 9.26 Å². The van der Waals surface area contributed by atoms with Gasteiger partial charge in [-0.1, -0.05) is 0 Å². The largest absolute Gasteiger partial charge is 0.435 e. The average Bonchev–Trinajstić information content (AvgIpc) is 2.59. The van der Waals surface area contributed by atoms with E-state index in [0.717, 1.165) is 0 Å². The van der Waals surface area contributed by atoms with Gasteiger partial charge in [-0.3, -0.25) is 4.98 Å². The Morgan fingerprint density at radius 1 is 1.50 bits per heavy atom. The van der Waals surface area contributed by atoms with E-state index >= 15 is 0 Å². The lowest BCUT2D eigenvalue weighted by atomic mass is 10.5. The number of ether oxygens (including phenoxy) is 1. The van der Waals surface area contributed by atoms with Crippen molar-refractivity contribution >= 4 is 0 Å². The second-order valence-corrected chi connectivity index (χ2v) is 2.07. The Balaban J connectivity index is 2.15. The van der Waals surface area contributed by atoms with E-state index in [4.69, 9.17) is 4.74 Å². The Hall–Kier alpha value is -1.84. The zero-order chi connectivity index (χ0) is 8.23. The van der Waals surface area contributed by atoms with Crippen LogP contribution >= 0.6 is 0 Å². The molecule has 0 aliphatic heterocycles. The average molecular weight is 161 g/mol. The molecule has 2 aromatic heterocycles. The molecule has 0 aliphatic carbocycles. The first-order valence-corrected chi connectivity index (χ1v) is 3.36. The summed E-state index contributed by atoms with van der Waals surface area (Å²) < 4.78 is 9.69. The highest BCUT2D eigenvalue weighted by Gasteiger charge is 1.98. The first-order valence-electron chi connectivity index (χ1n) is 3.36.